The fourth-order valence-electron chi connectivity index (χ4n) is 1.67. The molecule has 1 aromatic carbocycles. The molecule has 1 aromatic heterocycles. The second-order valence-electron chi connectivity index (χ2n) is 3.97. The lowest BCUT2D eigenvalue weighted by molar-refractivity contribution is 0.100. The molecule has 0 saturated heterocycles. The quantitative estimate of drug-likeness (QED) is 0.879. The van der Waals surface area contributed by atoms with Crippen LogP contribution in [0.3, 0.4) is 0 Å². The third-order valence-electron chi connectivity index (χ3n) is 2.67. The van der Waals surface area contributed by atoms with Crippen LogP contribution in [0.5, 0.6) is 5.75 Å². The fourth-order valence-corrected chi connectivity index (χ4v) is 1.67. The van der Waals surface area contributed by atoms with Crippen molar-refractivity contribution in [2.24, 2.45) is 5.73 Å². The molecule has 6 heteroatoms. The zero-order valence-electron chi connectivity index (χ0n) is 10.8. The highest BCUT2D eigenvalue weighted by Crippen LogP contribution is 2.16. The first-order valence-corrected chi connectivity index (χ1v) is 5.81. The van der Waals surface area contributed by atoms with Crippen LogP contribution in [0.4, 0.5) is 5.69 Å². The minimum Gasteiger partial charge on any atom is -0.497 e. The van der Waals surface area contributed by atoms with Crippen molar-refractivity contribution >= 4 is 17.5 Å². The zero-order valence-corrected chi connectivity index (χ0v) is 10.8. The molecule has 0 aliphatic heterocycles. The van der Waals surface area contributed by atoms with Gasteiger partial charge in [-0.25, -0.2) is 0 Å². The molecule has 2 amide bonds. The summed E-state index contributed by atoms with van der Waals surface area (Å²) in [6.45, 7) is 0. The average molecular weight is 271 g/mol. The maximum Gasteiger partial charge on any atom is 0.255 e. The monoisotopic (exact) mass is 271 g/mol. The molecule has 3 N–H and O–H groups in total. The van der Waals surface area contributed by atoms with E-state index in [0.29, 0.717) is 11.3 Å². The number of nitrogens with one attached hydrogen (secondary N) is 1. The number of nitrogens with zero attached hydrogens (tertiary/aromatic N) is 1. The van der Waals surface area contributed by atoms with Crippen LogP contribution in [-0.4, -0.2) is 23.9 Å². The second-order valence-corrected chi connectivity index (χ2v) is 3.97. The van der Waals surface area contributed by atoms with Gasteiger partial charge in [0, 0.05) is 11.8 Å². The third kappa shape index (κ3) is 2.92. The molecular formula is C14H13N3O3. The maximum absolute atomic E-state index is 12.1. The van der Waals surface area contributed by atoms with Gasteiger partial charge in [-0.15, -0.1) is 0 Å². The zero-order chi connectivity index (χ0) is 14.5. The van der Waals surface area contributed by atoms with Crippen LogP contribution in [0, 0.1) is 0 Å². The minimum absolute atomic E-state index is 0.205. The summed E-state index contributed by atoms with van der Waals surface area (Å²) in [5.74, 6) is -0.438. The van der Waals surface area contributed by atoms with E-state index in [2.05, 4.69) is 10.3 Å². The molecule has 2 aromatic rings. The predicted molar refractivity (Wildman–Crippen MR) is 73.7 cm³/mol. The number of primary amides is 1. The number of hydrogen-bond acceptors (Lipinski definition) is 4. The molecular weight excluding hydrogens is 258 g/mol. The second kappa shape index (κ2) is 5.83. The molecule has 0 bridgehead atoms. The van der Waals surface area contributed by atoms with Gasteiger partial charge in [0.15, 0.2) is 0 Å². The number of carbonyl (C=O) groups is 2. The summed E-state index contributed by atoms with van der Waals surface area (Å²) in [5.41, 5.74) is 6.12. The van der Waals surface area contributed by atoms with Gasteiger partial charge in [-0.1, -0.05) is 6.07 Å². The van der Waals surface area contributed by atoms with E-state index in [1.165, 1.54) is 25.6 Å². The first-order valence-electron chi connectivity index (χ1n) is 5.81. The smallest absolute Gasteiger partial charge is 0.255 e. The van der Waals surface area contributed by atoms with E-state index in [1.807, 2.05) is 0 Å². The lowest BCUT2D eigenvalue weighted by Crippen LogP contribution is -2.18. The van der Waals surface area contributed by atoms with Gasteiger partial charge in [-0.2, -0.15) is 0 Å². The maximum atomic E-state index is 12.1. The highest BCUT2D eigenvalue weighted by molar-refractivity contribution is 6.08. The van der Waals surface area contributed by atoms with Gasteiger partial charge in [0.05, 0.1) is 24.6 Å². The van der Waals surface area contributed by atoms with Gasteiger partial charge in [-0.3, -0.25) is 14.6 Å². The van der Waals surface area contributed by atoms with E-state index >= 15 is 0 Å². The lowest BCUT2D eigenvalue weighted by atomic mass is 10.1. The molecule has 0 unspecified atom stereocenters. The molecule has 1 heterocycles. The van der Waals surface area contributed by atoms with Crippen LogP contribution in [0.1, 0.15) is 20.7 Å². The van der Waals surface area contributed by atoms with E-state index < -0.39 is 5.91 Å². The molecule has 0 spiro atoms. The third-order valence-corrected chi connectivity index (χ3v) is 2.67. The number of anilines is 1. The summed E-state index contributed by atoms with van der Waals surface area (Å²) in [4.78, 5) is 27.2. The molecule has 6 nitrogen and oxygen atoms in total. The van der Waals surface area contributed by atoms with Crippen LogP contribution in [-0.2, 0) is 0 Å². The number of benzene rings is 1. The summed E-state index contributed by atoms with van der Waals surface area (Å²) in [5, 5.41) is 2.60. The van der Waals surface area contributed by atoms with Gasteiger partial charge in [0.2, 0.25) is 0 Å². The number of carbonyl (C=O) groups excluding carboxylic acids is 2. The van der Waals surface area contributed by atoms with E-state index in [-0.39, 0.29) is 17.2 Å². The highest BCUT2D eigenvalue weighted by Gasteiger charge is 2.12. The Morgan fingerprint density at radius 1 is 1.30 bits per heavy atom. The summed E-state index contributed by atoms with van der Waals surface area (Å²) in [7, 11) is 1.52. The number of amides is 2. The standard InChI is InChI=1S/C14H13N3O3/c1-20-10-4-2-3-9(7-10)14(19)17-12-8-16-6-5-11(12)13(15)18/h2-8H,1H3,(H2,15,18)(H,17,19). The molecule has 102 valence electrons. The van der Waals surface area contributed by atoms with Crippen molar-refractivity contribution in [1.82, 2.24) is 4.98 Å². The number of hydrogen-bond donors (Lipinski definition) is 2. The Hall–Kier alpha value is -2.89. The van der Waals surface area contributed by atoms with Gasteiger partial charge in [-0.05, 0) is 24.3 Å². The molecule has 0 aliphatic rings. The Morgan fingerprint density at radius 3 is 2.80 bits per heavy atom. The first-order chi connectivity index (χ1) is 9.61. The molecule has 0 fully saturated rings. The average Bonchev–Trinajstić information content (AvgIpc) is 2.47. The Morgan fingerprint density at radius 2 is 2.10 bits per heavy atom. The van der Waals surface area contributed by atoms with Crippen LogP contribution in [0.2, 0.25) is 0 Å². The summed E-state index contributed by atoms with van der Waals surface area (Å²) >= 11 is 0. The van der Waals surface area contributed by atoms with Crippen molar-refractivity contribution in [2.75, 3.05) is 12.4 Å². The van der Waals surface area contributed by atoms with Gasteiger partial charge in [0.1, 0.15) is 5.75 Å². The van der Waals surface area contributed by atoms with Gasteiger partial charge in [0.25, 0.3) is 11.8 Å². The van der Waals surface area contributed by atoms with Crippen molar-refractivity contribution in [3.8, 4) is 5.75 Å². The number of nitrogens with two attached hydrogens (primary N) is 1. The Kier molecular flexibility index (Phi) is 3.95. The van der Waals surface area contributed by atoms with Crippen LogP contribution in [0.15, 0.2) is 42.7 Å². The van der Waals surface area contributed by atoms with E-state index in [4.69, 9.17) is 10.5 Å². The van der Waals surface area contributed by atoms with Crippen molar-refractivity contribution < 1.29 is 14.3 Å². The van der Waals surface area contributed by atoms with E-state index in [1.54, 1.807) is 24.3 Å². The van der Waals surface area contributed by atoms with Crippen molar-refractivity contribution in [2.45, 2.75) is 0 Å². The number of methoxy groups -OCH3 is 1. The molecule has 2 rings (SSSR count). The minimum atomic E-state index is -0.631. The molecule has 20 heavy (non-hydrogen) atoms. The van der Waals surface area contributed by atoms with Crippen LogP contribution < -0.4 is 15.8 Å². The summed E-state index contributed by atoms with van der Waals surface area (Å²) in [6.07, 6.45) is 2.81. The van der Waals surface area contributed by atoms with Crippen LogP contribution in [0.25, 0.3) is 0 Å². The number of aromatic nitrogens is 1. The molecule has 0 saturated carbocycles. The summed E-state index contributed by atoms with van der Waals surface area (Å²) < 4.78 is 5.05. The van der Waals surface area contributed by atoms with Crippen LogP contribution >= 0.6 is 0 Å². The Balaban J connectivity index is 2.25. The van der Waals surface area contributed by atoms with Gasteiger partial charge >= 0.3 is 0 Å². The Bertz CT molecular complexity index is 656. The van der Waals surface area contributed by atoms with Crippen molar-refractivity contribution in [3.63, 3.8) is 0 Å². The van der Waals surface area contributed by atoms with Crippen molar-refractivity contribution in [3.05, 3.63) is 53.9 Å². The van der Waals surface area contributed by atoms with E-state index in [0.717, 1.165) is 0 Å². The number of ether oxygens (including phenoxy) is 1. The topological polar surface area (TPSA) is 94.3 Å². The fraction of sp³-hybridized carbons (Fsp3) is 0.0714. The number of pyridine rings is 1. The SMILES string of the molecule is COc1cccc(C(=O)Nc2cnccc2C(N)=O)c1. The highest BCUT2D eigenvalue weighted by atomic mass is 16.5. The summed E-state index contributed by atoms with van der Waals surface area (Å²) in [6, 6.07) is 8.11. The van der Waals surface area contributed by atoms with Gasteiger partial charge < -0.3 is 15.8 Å². The Labute approximate surface area is 115 Å². The number of rotatable bonds is 4. The normalized spacial score (nSPS) is 9.85. The molecule has 0 aliphatic carbocycles. The van der Waals surface area contributed by atoms with Crippen molar-refractivity contribution in [1.29, 1.82) is 0 Å². The lowest BCUT2D eigenvalue weighted by Gasteiger charge is -2.09. The molecule has 0 atom stereocenters. The predicted octanol–water partition coefficient (Wildman–Crippen LogP) is 1.44. The first kappa shape index (κ1) is 13.5. The molecule has 0 radical (unpaired) electrons. The van der Waals surface area contributed by atoms with E-state index in [9.17, 15) is 9.59 Å². The largest absolute Gasteiger partial charge is 0.497 e.